The minimum absolute atomic E-state index is 0.0504. The van der Waals surface area contributed by atoms with Crippen LogP contribution in [0.1, 0.15) is 47.3 Å². The number of nitrogens with zero attached hydrogens (tertiary/aromatic N) is 2. The Hall–Kier alpha value is -1.56. The fourth-order valence-corrected chi connectivity index (χ4v) is 4.13. The predicted octanol–water partition coefficient (Wildman–Crippen LogP) is 3.52. The largest absolute Gasteiger partial charge is 0.416 e. The molecule has 1 aromatic rings. The minimum Gasteiger partial charge on any atom is -0.332 e. The molecule has 1 saturated heterocycles. The lowest BCUT2D eigenvalue weighted by Gasteiger charge is -2.20. The number of alkyl halides is 3. The zero-order valence-electron chi connectivity index (χ0n) is 13.9. The van der Waals surface area contributed by atoms with Gasteiger partial charge in [-0.2, -0.15) is 13.2 Å². The summed E-state index contributed by atoms with van der Waals surface area (Å²) in [4.78, 5) is 16.2. The number of likely N-dealkylation sites (tertiary alicyclic amines) is 1. The Bertz CT molecular complexity index is 688. The first kappa shape index (κ1) is 15.9. The summed E-state index contributed by atoms with van der Waals surface area (Å²) >= 11 is 0. The number of carbonyl (C=O) groups is 1. The number of carbonyl (C=O) groups excluding carboxylic acids is 1. The fraction of sp³-hybridized carbons (Fsp3) is 0.611. The van der Waals surface area contributed by atoms with Crippen molar-refractivity contribution in [2.45, 2.75) is 45.6 Å². The molecule has 0 bridgehead atoms. The Labute approximate surface area is 139 Å². The van der Waals surface area contributed by atoms with Crippen LogP contribution in [0.4, 0.5) is 13.2 Å². The molecule has 2 unspecified atom stereocenters. The van der Waals surface area contributed by atoms with Crippen molar-refractivity contribution < 1.29 is 18.0 Å². The smallest absolute Gasteiger partial charge is 0.332 e. The van der Waals surface area contributed by atoms with Gasteiger partial charge in [0.25, 0.3) is 5.91 Å². The number of piperidine rings is 1. The van der Waals surface area contributed by atoms with E-state index in [4.69, 9.17) is 0 Å². The monoisotopic (exact) mass is 338 g/mol. The maximum Gasteiger partial charge on any atom is 0.416 e. The number of rotatable bonds is 3. The van der Waals surface area contributed by atoms with Crippen LogP contribution < -0.4 is 0 Å². The van der Waals surface area contributed by atoms with Gasteiger partial charge < -0.3 is 4.90 Å². The van der Waals surface area contributed by atoms with Crippen molar-refractivity contribution in [3.05, 3.63) is 34.4 Å². The first-order valence-corrected chi connectivity index (χ1v) is 8.50. The lowest BCUT2D eigenvalue weighted by molar-refractivity contribution is -0.138. The zero-order valence-corrected chi connectivity index (χ0v) is 13.9. The number of benzene rings is 1. The molecule has 3 nitrogen and oxygen atoms in total. The van der Waals surface area contributed by atoms with E-state index in [1.165, 1.54) is 17.4 Å². The van der Waals surface area contributed by atoms with E-state index in [0.29, 0.717) is 12.1 Å². The van der Waals surface area contributed by atoms with Gasteiger partial charge in [-0.15, -0.1) is 0 Å². The van der Waals surface area contributed by atoms with Crippen LogP contribution in [0.15, 0.2) is 12.1 Å². The van der Waals surface area contributed by atoms with Gasteiger partial charge in [0.2, 0.25) is 0 Å². The summed E-state index contributed by atoms with van der Waals surface area (Å²) in [6, 6.07) is 2.82. The number of halogens is 3. The highest BCUT2D eigenvalue weighted by Crippen LogP contribution is 2.45. The first-order valence-electron chi connectivity index (χ1n) is 8.50. The molecule has 0 aromatic heterocycles. The third-order valence-corrected chi connectivity index (χ3v) is 5.52. The van der Waals surface area contributed by atoms with Gasteiger partial charge in [-0.25, -0.2) is 0 Å². The summed E-state index contributed by atoms with van der Waals surface area (Å²) in [5.74, 6) is 1.19. The fourth-order valence-electron chi connectivity index (χ4n) is 4.13. The summed E-state index contributed by atoms with van der Waals surface area (Å²) in [7, 11) is 0. The van der Waals surface area contributed by atoms with Crippen LogP contribution in [0, 0.1) is 11.8 Å². The van der Waals surface area contributed by atoms with Crippen LogP contribution in [0.5, 0.6) is 0 Å². The van der Waals surface area contributed by atoms with Crippen molar-refractivity contribution in [3.63, 3.8) is 0 Å². The van der Waals surface area contributed by atoms with Crippen molar-refractivity contribution in [1.29, 1.82) is 0 Å². The molecule has 1 aliphatic carbocycles. The average Bonchev–Trinajstić information content (AvgIpc) is 2.94. The van der Waals surface area contributed by atoms with Crippen molar-refractivity contribution in [2.24, 2.45) is 11.8 Å². The van der Waals surface area contributed by atoms with Gasteiger partial charge in [-0.1, -0.05) is 0 Å². The molecule has 130 valence electrons. The average molecular weight is 338 g/mol. The van der Waals surface area contributed by atoms with E-state index in [1.54, 1.807) is 6.07 Å². The number of hydrogen-bond donors (Lipinski definition) is 0. The van der Waals surface area contributed by atoms with Crippen LogP contribution in [0.25, 0.3) is 0 Å². The van der Waals surface area contributed by atoms with E-state index in [2.05, 4.69) is 4.90 Å². The highest BCUT2D eigenvalue weighted by Gasteiger charge is 2.45. The molecule has 6 heteroatoms. The van der Waals surface area contributed by atoms with Crippen LogP contribution in [0.3, 0.4) is 0 Å². The normalized spacial score (nSPS) is 26.2. The van der Waals surface area contributed by atoms with E-state index in [9.17, 15) is 18.0 Å². The highest BCUT2D eigenvalue weighted by atomic mass is 19.4. The topological polar surface area (TPSA) is 23.6 Å². The molecule has 1 aromatic carbocycles. The molecule has 0 radical (unpaired) electrons. The van der Waals surface area contributed by atoms with E-state index in [0.717, 1.165) is 24.9 Å². The van der Waals surface area contributed by atoms with E-state index >= 15 is 0 Å². The maximum atomic E-state index is 13.5. The SMILES string of the molecule is CC(C)N1Cc2c(cc(CN3CC4CC4C3)cc2C(F)(F)F)C1=O. The van der Waals surface area contributed by atoms with E-state index < -0.39 is 11.7 Å². The number of fused-ring (bicyclic) bond motifs is 2. The second-order valence-electron chi connectivity index (χ2n) is 7.64. The molecule has 2 heterocycles. The molecule has 0 N–H and O–H groups in total. The molecule has 2 aliphatic heterocycles. The predicted molar refractivity (Wildman–Crippen MR) is 83.3 cm³/mol. The van der Waals surface area contributed by atoms with Crippen molar-refractivity contribution >= 4 is 5.91 Å². The molecule has 3 aliphatic rings. The minimum atomic E-state index is -4.43. The Morgan fingerprint density at radius 2 is 1.88 bits per heavy atom. The summed E-state index contributed by atoms with van der Waals surface area (Å²) in [5, 5.41) is 0. The van der Waals surface area contributed by atoms with Gasteiger partial charge in [0.05, 0.1) is 5.56 Å². The van der Waals surface area contributed by atoms with E-state index in [-0.39, 0.29) is 29.6 Å². The Morgan fingerprint density at radius 3 is 2.46 bits per heavy atom. The second-order valence-corrected chi connectivity index (χ2v) is 7.64. The standard InChI is InChI=1S/C18H21F3N2O/c1-10(2)23-9-15-14(17(23)24)3-11(4-16(15)18(19,20)21)6-22-7-12-5-13(12)8-22/h3-4,10,12-13H,5-9H2,1-2H3. The van der Waals surface area contributed by atoms with E-state index in [1.807, 2.05) is 13.8 Å². The van der Waals surface area contributed by atoms with Gasteiger partial charge >= 0.3 is 6.18 Å². The molecule has 1 amide bonds. The molecule has 2 fully saturated rings. The molecular formula is C18H21F3N2O. The molecule has 2 atom stereocenters. The third kappa shape index (κ3) is 2.61. The summed E-state index contributed by atoms with van der Waals surface area (Å²) in [6.45, 7) is 6.14. The third-order valence-electron chi connectivity index (χ3n) is 5.52. The van der Waals surface area contributed by atoms with Gasteiger partial charge in [0.15, 0.2) is 0 Å². The van der Waals surface area contributed by atoms with Crippen molar-refractivity contribution in [3.8, 4) is 0 Å². The summed E-state index contributed by atoms with van der Waals surface area (Å²) in [6.07, 6.45) is -3.17. The Morgan fingerprint density at radius 1 is 1.21 bits per heavy atom. The van der Waals surface area contributed by atoms with Gasteiger partial charge in [0.1, 0.15) is 0 Å². The van der Waals surface area contributed by atoms with Crippen LogP contribution >= 0.6 is 0 Å². The number of amides is 1. The lowest BCUT2D eigenvalue weighted by atomic mass is 9.98. The molecule has 4 rings (SSSR count). The molecular weight excluding hydrogens is 317 g/mol. The Balaban J connectivity index is 1.68. The maximum absolute atomic E-state index is 13.5. The van der Waals surface area contributed by atoms with Crippen LogP contribution in [-0.2, 0) is 19.3 Å². The Kier molecular flexibility index (Phi) is 3.46. The van der Waals surface area contributed by atoms with Gasteiger partial charge in [-0.3, -0.25) is 9.69 Å². The van der Waals surface area contributed by atoms with Crippen molar-refractivity contribution in [1.82, 2.24) is 9.80 Å². The summed E-state index contributed by atoms with van der Waals surface area (Å²) < 4.78 is 40.6. The number of hydrogen-bond acceptors (Lipinski definition) is 2. The molecule has 1 saturated carbocycles. The van der Waals surface area contributed by atoms with Crippen LogP contribution in [0.2, 0.25) is 0 Å². The van der Waals surface area contributed by atoms with Gasteiger partial charge in [-0.05, 0) is 55.4 Å². The lowest BCUT2D eigenvalue weighted by Crippen LogP contribution is -2.30. The first-order chi connectivity index (χ1) is 11.2. The molecule has 0 spiro atoms. The quantitative estimate of drug-likeness (QED) is 0.842. The zero-order chi connectivity index (χ0) is 17.2. The molecule has 24 heavy (non-hydrogen) atoms. The van der Waals surface area contributed by atoms with Crippen LogP contribution in [-0.4, -0.2) is 34.8 Å². The highest BCUT2D eigenvalue weighted by molar-refractivity contribution is 5.99. The summed E-state index contributed by atoms with van der Waals surface area (Å²) in [5.41, 5.74) is 0.323. The van der Waals surface area contributed by atoms with Crippen molar-refractivity contribution in [2.75, 3.05) is 13.1 Å². The second kappa shape index (κ2) is 5.22. The van der Waals surface area contributed by atoms with Gasteiger partial charge in [0, 0.05) is 37.8 Å².